The lowest BCUT2D eigenvalue weighted by Gasteiger charge is -2.07. The summed E-state index contributed by atoms with van der Waals surface area (Å²) in [7, 11) is 0. The fraction of sp³-hybridized carbons (Fsp3) is 0.375. The second-order valence-corrected chi connectivity index (χ2v) is 2.64. The molecular formula is C8H10F2N2O. The molecule has 1 aromatic rings. The number of halogens is 2. The number of hydrogen-bond acceptors (Lipinski definition) is 3. The smallest absolute Gasteiger partial charge is 0.267 e. The van der Waals surface area contributed by atoms with Crippen molar-refractivity contribution in [3.63, 3.8) is 0 Å². The number of nitrogens with zero attached hydrogens (tertiary/aromatic N) is 1. The highest BCUT2D eigenvalue weighted by Crippen LogP contribution is 2.30. The van der Waals surface area contributed by atoms with E-state index in [1.807, 2.05) is 0 Å². The van der Waals surface area contributed by atoms with Gasteiger partial charge in [0.1, 0.15) is 5.75 Å². The van der Waals surface area contributed by atoms with Gasteiger partial charge in [-0.25, -0.2) is 8.78 Å². The van der Waals surface area contributed by atoms with Gasteiger partial charge < -0.3 is 10.8 Å². The molecule has 1 rings (SSSR count). The van der Waals surface area contributed by atoms with Crippen LogP contribution in [0.3, 0.4) is 0 Å². The summed E-state index contributed by atoms with van der Waals surface area (Å²) >= 11 is 0. The number of aromatic nitrogens is 1. The zero-order chi connectivity index (χ0) is 10.0. The molecule has 0 radical (unpaired) electrons. The van der Waals surface area contributed by atoms with Gasteiger partial charge in [-0.05, 0) is 13.0 Å². The molecule has 0 aromatic carbocycles. The predicted octanol–water partition coefficient (Wildman–Crippen LogP) is 1.49. The maximum Gasteiger partial charge on any atom is 0.267 e. The third kappa shape index (κ3) is 1.92. The van der Waals surface area contributed by atoms with Crippen LogP contribution in [0, 0.1) is 6.92 Å². The number of aryl methyl sites for hydroxylation is 1. The average Bonchev–Trinajstić information content (AvgIpc) is 2.09. The van der Waals surface area contributed by atoms with Gasteiger partial charge in [0.15, 0.2) is 0 Å². The molecule has 0 aliphatic heterocycles. The van der Waals surface area contributed by atoms with Crippen LogP contribution in [0.5, 0.6) is 5.75 Å². The lowest BCUT2D eigenvalue weighted by Crippen LogP contribution is -2.03. The van der Waals surface area contributed by atoms with Gasteiger partial charge in [0, 0.05) is 6.54 Å². The normalized spacial score (nSPS) is 10.8. The maximum atomic E-state index is 12.3. The van der Waals surface area contributed by atoms with E-state index in [1.165, 1.54) is 6.92 Å². The topological polar surface area (TPSA) is 59.1 Å². The lowest BCUT2D eigenvalue weighted by molar-refractivity contribution is 0.147. The van der Waals surface area contributed by atoms with E-state index in [0.717, 1.165) is 6.07 Å². The fourth-order valence-electron chi connectivity index (χ4n) is 1.03. The number of hydrogen-bond donors (Lipinski definition) is 2. The molecular weight excluding hydrogens is 178 g/mol. The monoisotopic (exact) mass is 188 g/mol. The van der Waals surface area contributed by atoms with E-state index in [2.05, 4.69) is 4.98 Å². The van der Waals surface area contributed by atoms with Crippen LogP contribution in [-0.4, -0.2) is 10.1 Å². The molecule has 0 aliphatic rings. The molecule has 0 fully saturated rings. The van der Waals surface area contributed by atoms with E-state index < -0.39 is 17.7 Å². The highest BCUT2D eigenvalue weighted by atomic mass is 19.3. The molecule has 0 unspecified atom stereocenters. The Balaban J connectivity index is 3.25. The first-order valence-electron chi connectivity index (χ1n) is 3.74. The lowest BCUT2D eigenvalue weighted by atomic mass is 10.1. The quantitative estimate of drug-likeness (QED) is 0.739. The number of aromatic hydroxyl groups is 1. The van der Waals surface area contributed by atoms with Crippen LogP contribution in [0.2, 0.25) is 0 Å². The van der Waals surface area contributed by atoms with E-state index in [-0.39, 0.29) is 12.2 Å². The van der Waals surface area contributed by atoms with Crippen molar-refractivity contribution < 1.29 is 13.9 Å². The summed E-state index contributed by atoms with van der Waals surface area (Å²) in [6, 6.07) is 1.12. The Morgan fingerprint density at radius 1 is 1.62 bits per heavy atom. The second-order valence-electron chi connectivity index (χ2n) is 2.64. The Morgan fingerprint density at radius 3 is 2.69 bits per heavy atom. The van der Waals surface area contributed by atoms with Crippen molar-refractivity contribution in [3.8, 4) is 5.75 Å². The average molecular weight is 188 g/mol. The predicted molar refractivity (Wildman–Crippen MR) is 43.5 cm³/mol. The van der Waals surface area contributed by atoms with Gasteiger partial charge >= 0.3 is 0 Å². The summed E-state index contributed by atoms with van der Waals surface area (Å²) in [5.74, 6) is -0.452. The first-order valence-corrected chi connectivity index (χ1v) is 3.74. The molecule has 1 aromatic heterocycles. The fourth-order valence-corrected chi connectivity index (χ4v) is 1.03. The molecule has 0 bridgehead atoms. The summed E-state index contributed by atoms with van der Waals surface area (Å²) in [5.41, 5.74) is 5.37. The summed E-state index contributed by atoms with van der Waals surface area (Å²) in [6.45, 7) is 1.54. The molecule has 3 nitrogen and oxygen atoms in total. The largest absolute Gasteiger partial charge is 0.506 e. The van der Waals surface area contributed by atoms with E-state index in [4.69, 9.17) is 5.73 Å². The van der Waals surface area contributed by atoms with E-state index in [9.17, 15) is 13.9 Å². The molecule has 0 spiro atoms. The minimum atomic E-state index is -2.70. The van der Waals surface area contributed by atoms with Crippen molar-refractivity contribution in [1.82, 2.24) is 4.98 Å². The Bertz CT molecular complexity index is 315. The van der Waals surface area contributed by atoms with Crippen LogP contribution in [0.1, 0.15) is 23.4 Å². The maximum absolute atomic E-state index is 12.3. The van der Waals surface area contributed by atoms with E-state index in [1.54, 1.807) is 0 Å². The molecule has 5 heteroatoms. The van der Waals surface area contributed by atoms with Crippen LogP contribution in [0.25, 0.3) is 0 Å². The van der Waals surface area contributed by atoms with Crippen molar-refractivity contribution in [2.24, 2.45) is 5.73 Å². The molecule has 3 N–H and O–H groups in total. The highest BCUT2D eigenvalue weighted by molar-refractivity contribution is 5.37. The van der Waals surface area contributed by atoms with Crippen LogP contribution in [0.4, 0.5) is 8.78 Å². The summed E-state index contributed by atoms with van der Waals surface area (Å²) in [6.07, 6.45) is -2.70. The van der Waals surface area contributed by atoms with Crippen molar-refractivity contribution in [3.05, 3.63) is 23.0 Å². The zero-order valence-corrected chi connectivity index (χ0v) is 7.09. The molecule has 0 saturated heterocycles. The van der Waals surface area contributed by atoms with Crippen molar-refractivity contribution in [1.29, 1.82) is 0 Å². The highest BCUT2D eigenvalue weighted by Gasteiger charge is 2.16. The van der Waals surface area contributed by atoms with Gasteiger partial charge in [0.05, 0.1) is 17.0 Å². The Hall–Kier alpha value is -1.23. The van der Waals surface area contributed by atoms with Crippen molar-refractivity contribution in [2.75, 3.05) is 0 Å². The van der Waals surface area contributed by atoms with Gasteiger partial charge in [-0.1, -0.05) is 0 Å². The van der Waals surface area contributed by atoms with Gasteiger partial charge in [0.25, 0.3) is 6.43 Å². The first kappa shape index (κ1) is 9.85. The summed E-state index contributed by atoms with van der Waals surface area (Å²) < 4.78 is 24.6. The summed E-state index contributed by atoms with van der Waals surface area (Å²) in [5, 5.41) is 9.20. The van der Waals surface area contributed by atoms with Gasteiger partial charge in [0.2, 0.25) is 0 Å². The molecule has 72 valence electrons. The third-order valence-electron chi connectivity index (χ3n) is 1.69. The Kier molecular flexibility index (Phi) is 2.77. The van der Waals surface area contributed by atoms with Crippen LogP contribution < -0.4 is 5.73 Å². The van der Waals surface area contributed by atoms with Crippen molar-refractivity contribution >= 4 is 0 Å². The minimum Gasteiger partial charge on any atom is -0.506 e. The van der Waals surface area contributed by atoms with Gasteiger partial charge in [-0.2, -0.15) is 0 Å². The van der Waals surface area contributed by atoms with Crippen molar-refractivity contribution in [2.45, 2.75) is 19.9 Å². The zero-order valence-electron chi connectivity index (χ0n) is 7.09. The Morgan fingerprint density at radius 2 is 2.23 bits per heavy atom. The Labute approximate surface area is 74.2 Å². The number of nitrogens with two attached hydrogens (primary N) is 1. The van der Waals surface area contributed by atoms with Gasteiger partial charge in [-0.15, -0.1) is 0 Å². The number of pyridine rings is 1. The molecule has 0 aliphatic carbocycles. The molecule has 1 heterocycles. The summed E-state index contributed by atoms with van der Waals surface area (Å²) in [4.78, 5) is 3.83. The minimum absolute atomic E-state index is 0.0842. The van der Waals surface area contributed by atoms with Crippen LogP contribution in [-0.2, 0) is 6.54 Å². The van der Waals surface area contributed by atoms with E-state index >= 15 is 0 Å². The standard InChI is InChI=1S/C8H10F2N2O/c1-4-7(13)6(8(9)10)2-5(3-11)12-4/h2,8,13H,3,11H2,1H3. The van der Waals surface area contributed by atoms with Crippen LogP contribution in [0.15, 0.2) is 6.07 Å². The molecule has 0 atom stereocenters. The number of rotatable bonds is 2. The third-order valence-corrected chi connectivity index (χ3v) is 1.69. The second kappa shape index (κ2) is 3.66. The first-order chi connectivity index (χ1) is 6.06. The van der Waals surface area contributed by atoms with Crippen LogP contribution >= 0.6 is 0 Å². The SMILES string of the molecule is Cc1nc(CN)cc(C(F)F)c1O. The van der Waals surface area contributed by atoms with Gasteiger partial charge in [-0.3, -0.25) is 4.98 Å². The van der Waals surface area contributed by atoms with E-state index in [0.29, 0.717) is 5.69 Å². The number of alkyl halides is 2. The molecule has 0 saturated carbocycles. The molecule has 0 amide bonds. The molecule has 13 heavy (non-hydrogen) atoms.